The predicted octanol–water partition coefficient (Wildman–Crippen LogP) is 2.02. The highest BCUT2D eigenvalue weighted by molar-refractivity contribution is 5.90. The molecule has 2 atom stereocenters. The molecule has 0 radical (unpaired) electrons. The molecule has 138 valence electrons. The molecule has 0 bridgehead atoms. The smallest absolute Gasteiger partial charge is 0.246 e. The fraction of sp³-hybridized carbons (Fsp3) is 0.600. The van der Waals surface area contributed by atoms with E-state index < -0.39 is 6.04 Å². The lowest BCUT2D eigenvalue weighted by Crippen LogP contribution is -2.57. The Balaban J connectivity index is 2.18. The van der Waals surface area contributed by atoms with Crippen LogP contribution in [0.2, 0.25) is 0 Å². The van der Waals surface area contributed by atoms with Gasteiger partial charge in [0.25, 0.3) is 0 Å². The Labute approximate surface area is 151 Å². The first kappa shape index (κ1) is 19.4. The van der Waals surface area contributed by atoms with E-state index in [9.17, 15) is 9.59 Å². The molecular weight excluding hydrogens is 314 g/mol. The molecule has 0 aliphatic carbocycles. The Morgan fingerprint density at radius 2 is 1.88 bits per heavy atom. The van der Waals surface area contributed by atoms with Crippen molar-refractivity contribution in [1.82, 2.24) is 15.5 Å². The SMILES string of the molecule is CN[C@@H](C)C(=O)N[C@H](C(=O)N1CCc2ccc(C)cc2C1)C(C)(C)C. The molecule has 0 fully saturated rings. The number of likely N-dealkylation sites (N-methyl/N-ethyl adjacent to an activating group) is 1. The van der Waals surface area contributed by atoms with Crippen molar-refractivity contribution in [2.24, 2.45) is 5.41 Å². The number of nitrogens with zero attached hydrogens (tertiary/aromatic N) is 1. The molecule has 5 nitrogen and oxygen atoms in total. The standard InChI is InChI=1S/C20H31N3O2/c1-13-7-8-15-9-10-23(12-16(15)11-13)19(25)17(20(3,4)5)22-18(24)14(2)21-6/h7-8,11,14,17,21H,9-10,12H2,1-6H3,(H,22,24)/t14-,17+/m0/s1. The molecule has 2 N–H and O–H groups in total. The van der Waals surface area contributed by atoms with Crippen molar-refractivity contribution in [3.05, 3.63) is 34.9 Å². The van der Waals surface area contributed by atoms with E-state index in [2.05, 4.69) is 35.8 Å². The summed E-state index contributed by atoms with van der Waals surface area (Å²) >= 11 is 0. The van der Waals surface area contributed by atoms with Crippen molar-refractivity contribution in [3.63, 3.8) is 0 Å². The van der Waals surface area contributed by atoms with E-state index in [1.165, 1.54) is 16.7 Å². The lowest BCUT2D eigenvalue weighted by Gasteiger charge is -2.37. The zero-order valence-corrected chi connectivity index (χ0v) is 16.3. The van der Waals surface area contributed by atoms with Gasteiger partial charge in [0.1, 0.15) is 6.04 Å². The van der Waals surface area contributed by atoms with Crippen molar-refractivity contribution in [2.45, 2.75) is 59.7 Å². The van der Waals surface area contributed by atoms with Gasteiger partial charge in [-0.05, 0) is 43.9 Å². The van der Waals surface area contributed by atoms with Crippen LogP contribution in [-0.4, -0.2) is 42.4 Å². The second-order valence-corrected chi connectivity index (χ2v) is 8.10. The topological polar surface area (TPSA) is 61.4 Å². The van der Waals surface area contributed by atoms with Gasteiger partial charge in [0.2, 0.25) is 11.8 Å². The van der Waals surface area contributed by atoms with Crippen LogP contribution >= 0.6 is 0 Å². The molecule has 1 heterocycles. The quantitative estimate of drug-likeness (QED) is 0.878. The van der Waals surface area contributed by atoms with Gasteiger partial charge >= 0.3 is 0 Å². The van der Waals surface area contributed by atoms with Crippen molar-refractivity contribution in [2.75, 3.05) is 13.6 Å². The van der Waals surface area contributed by atoms with Crippen LogP contribution in [0.4, 0.5) is 0 Å². The summed E-state index contributed by atoms with van der Waals surface area (Å²) in [5.41, 5.74) is 3.38. The summed E-state index contributed by atoms with van der Waals surface area (Å²) in [5, 5.41) is 5.87. The maximum atomic E-state index is 13.2. The Morgan fingerprint density at radius 3 is 2.48 bits per heavy atom. The van der Waals surface area contributed by atoms with E-state index in [0.717, 1.165) is 6.42 Å². The first-order valence-corrected chi connectivity index (χ1v) is 8.98. The number of amides is 2. The third-order valence-corrected chi connectivity index (χ3v) is 4.91. The summed E-state index contributed by atoms with van der Waals surface area (Å²) in [5.74, 6) is -0.152. The Hall–Kier alpha value is -1.88. The summed E-state index contributed by atoms with van der Waals surface area (Å²) < 4.78 is 0. The van der Waals surface area contributed by atoms with Gasteiger partial charge in [-0.2, -0.15) is 0 Å². The van der Waals surface area contributed by atoms with Gasteiger partial charge in [-0.3, -0.25) is 9.59 Å². The van der Waals surface area contributed by atoms with Crippen molar-refractivity contribution in [1.29, 1.82) is 0 Å². The summed E-state index contributed by atoms with van der Waals surface area (Å²) in [6.07, 6.45) is 0.860. The summed E-state index contributed by atoms with van der Waals surface area (Å²) in [6, 6.07) is 5.56. The van der Waals surface area contributed by atoms with Crippen LogP contribution in [0, 0.1) is 12.3 Å². The monoisotopic (exact) mass is 345 g/mol. The molecule has 0 unspecified atom stereocenters. The van der Waals surface area contributed by atoms with E-state index in [1.807, 2.05) is 25.7 Å². The lowest BCUT2D eigenvalue weighted by molar-refractivity contribution is -0.140. The number of aryl methyl sites for hydroxylation is 1. The average molecular weight is 345 g/mol. The van der Waals surface area contributed by atoms with Gasteiger partial charge in [0, 0.05) is 13.1 Å². The molecule has 1 aromatic rings. The summed E-state index contributed by atoms with van der Waals surface area (Å²) in [6.45, 7) is 11.1. The number of carbonyl (C=O) groups excluding carboxylic acids is 2. The molecule has 0 saturated heterocycles. The van der Waals surface area contributed by atoms with Crippen LogP contribution in [0.25, 0.3) is 0 Å². The molecule has 1 aliphatic rings. The largest absolute Gasteiger partial charge is 0.342 e. The Kier molecular flexibility index (Phi) is 5.88. The third kappa shape index (κ3) is 4.60. The maximum absolute atomic E-state index is 13.2. The number of nitrogens with one attached hydrogen (secondary N) is 2. The van der Waals surface area contributed by atoms with E-state index in [-0.39, 0.29) is 23.3 Å². The average Bonchev–Trinajstić information content (AvgIpc) is 2.56. The number of fused-ring (bicyclic) bond motifs is 1. The molecule has 0 aromatic heterocycles. The van der Waals surface area contributed by atoms with Crippen LogP contribution < -0.4 is 10.6 Å². The van der Waals surface area contributed by atoms with E-state index >= 15 is 0 Å². The summed E-state index contributed by atoms with van der Waals surface area (Å²) in [7, 11) is 1.74. The number of hydrogen-bond donors (Lipinski definition) is 2. The second-order valence-electron chi connectivity index (χ2n) is 8.10. The highest BCUT2D eigenvalue weighted by Gasteiger charge is 2.37. The zero-order valence-electron chi connectivity index (χ0n) is 16.3. The van der Waals surface area contributed by atoms with Crippen LogP contribution in [0.3, 0.4) is 0 Å². The highest BCUT2D eigenvalue weighted by Crippen LogP contribution is 2.25. The predicted molar refractivity (Wildman–Crippen MR) is 100 cm³/mol. The molecule has 1 aliphatic heterocycles. The van der Waals surface area contributed by atoms with Crippen LogP contribution in [0.15, 0.2) is 18.2 Å². The Bertz CT molecular complexity index is 649. The highest BCUT2D eigenvalue weighted by atomic mass is 16.2. The van der Waals surface area contributed by atoms with Gasteiger partial charge in [-0.1, -0.05) is 44.5 Å². The van der Waals surface area contributed by atoms with Gasteiger partial charge in [-0.25, -0.2) is 0 Å². The minimum absolute atomic E-state index is 0.00342. The molecule has 2 rings (SSSR count). The maximum Gasteiger partial charge on any atom is 0.246 e. The van der Waals surface area contributed by atoms with Crippen LogP contribution in [0.5, 0.6) is 0 Å². The van der Waals surface area contributed by atoms with Crippen molar-refractivity contribution in [3.8, 4) is 0 Å². The normalized spacial score (nSPS) is 16.8. The number of benzene rings is 1. The van der Waals surface area contributed by atoms with Crippen LogP contribution in [0.1, 0.15) is 44.4 Å². The summed E-state index contributed by atoms with van der Waals surface area (Å²) in [4.78, 5) is 27.4. The Morgan fingerprint density at radius 1 is 1.20 bits per heavy atom. The molecule has 0 spiro atoms. The van der Waals surface area contributed by atoms with Crippen molar-refractivity contribution < 1.29 is 9.59 Å². The molecule has 5 heteroatoms. The van der Waals surface area contributed by atoms with Crippen LogP contribution in [-0.2, 0) is 22.6 Å². The first-order valence-electron chi connectivity index (χ1n) is 8.98. The van der Waals surface area contributed by atoms with E-state index in [0.29, 0.717) is 13.1 Å². The third-order valence-electron chi connectivity index (χ3n) is 4.91. The number of carbonyl (C=O) groups is 2. The molecular formula is C20H31N3O2. The minimum Gasteiger partial charge on any atom is -0.342 e. The molecule has 1 aromatic carbocycles. The van der Waals surface area contributed by atoms with E-state index in [4.69, 9.17) is 0 Å². The van der Waals surface area contributed by atoms with Crippen molar-refractivity contribution >= 4 is 11.8 Å². The fourth-order valence-electron chi connectivity index (χ4n) is 3.10. The van der Waals surface area contributed by atoms with Gasteiger partial charge in [0.05, 0.1) is 6.04 Å². The van der Waals surface area contributed by atoms with Gasteiger partial charge in [0.15, 0.2) is 0 Å². The molecule has 25 heavy (non-hydrogen) atoms. The van der Waals surface area contributed by atoms with Gasteiger partial charge < -0.3 is 15.5 Å². The van der Waals surface area contributed by atoms with E-state index in [1.54, 1.807) is 14.0 Å². The first-order chi connectivity index (χ1) is 11.6. The minimum atomic E-state index is -0.540. The molecule has 2 amide bonds. The second kappa shape index (κ2) is 7.56. The molecule has 0 saturated carbocycles. The van der Waals surface area contributed by atoms with Gasteiger partial charge in [-0.15, -0.1) is 0 Å². The lowest BCUT2D eigenvalue weighted by atomic mass is 9.85. The number of rotatable bonds is 4. The number of hydrogen-bond acceptors (Lipinski definition) is 3. The zero-order chi connectivity index (χ0) is 18.8. The fourth-order valence-corrected chi connectivity index (χ4v) is 3.10.